The summed E-state index contributed by atoms with van der Waals surface area (Å²) in [6.45, 7) is 0. The van der Waals surface area contributed by atoms with E-state index in [4.69, 9.17) is 27.6 Å². The summed E-state index contributed by atoms with van der Waals surface area (Å²) in [6.07, 6.45) is 0. The molecule has 0 saturated heterocycles. The molecular formula is C16H12BrCl2NO. The fourth-order valence-corrected chi connectivity index (χ4v) is 3.04. The minimum atomic E-state index is -0.0512. The SMILES string of the molecule is CNC(c1ccc(Cl)c(Br)c1)c1cc2cc(Cl)ccc2o1. The molecule has 0 aliphatic heterocycles. The van der Waals surface area contributed by atoms with Gasteiger partial charge in [-0.2, -0.15) is 0 Å². The van der Waals surface area contributed by atoms with Crippen molar-refractivity contribution < 1.29 is 4.42 Å². The van der Waals surface area contributed by atoms with Crippen molar-refractivity contribution >= 4 is 50.1 Å². The maximum absolute atomic E-state index is 6.05. The van der Waals surface area contributed by atoms with Gasteiger partial charge in [-0.25, -0.2) is 0 Å². The lowest BCUT2D eigenvalue weighted by atomic mass is 10.0. The Morgan fingerprint density at radius 1 is 1.10 bits per heavy atom. The topological polar surface area (TPSA) is 25.2 Å². The van der Waals surface area contributed by atoms with Gasteiger partial charge in [0.1, 0.15) is 11.3 Å². The van der Waals surface area contributed by atoms with Crippen molar-refractivity contribution in [1.82, 2.24) is 5.32 Å². The number of hydrogen-bond acceptors (Lipinski definition) is 2. The molecule has 0 fully saturated rings. The number of hydrogen-bond donors (Lipinski definition) is 1. The van der Waals surface area contributed by atoms with Crippen molar-refractivity contribution in [2.24, 2.45) is 0 Å². The van der Waals surface area contributed by atoms with Crippen LogP contribution in [0.1, 0.15) is 17.4 Å². The maximum atomic E-state index is 6.05. The summed E-state index contributed by atoms with van der Waals surface area (Å²) in [6, 6.07) is 13.4. The van der Waals surface area contributed by atoms with Crippen molar-refractivity contribution in [3.05, 3.63) is 68.3 Å². The van der Waals surface area contributed by atoms with E-state index in [-0.39, 0.29) is 6.04 Å². The number of fused-ring (bicyclic) bond motifs is 1. The Kier molecular flexibility index (Phi) is 4.27. The Bertz CT molecular complexity index is 800. The summed E-state index contributed by atoms with van der Waals surface area (Å²) < 4.78 is 6.79. The van der Waals surface area contributed by atoms with Crippen LogP contribution in [0.5, 0.6) is 0 Å². The number of nitrogens with one attached hydrogen (secondary N) is 1. The standard InChI is InChI=1S/C16H12BrCl2NO/c1-20-16(9-2-4-13(19)12(17)7-9)15-8-10-6-11(18)3-5-14(10)21-15/h2-8,16,20H,1H3. The molecule has 1 unspecified atom stereocenters. The third-order valence-corrected chi connectivity index (χ3v) is 4.80. The molecule has 0 amide bonds. The van der Waals surface area contributed by atoms with Crippen LogP contribution in [0.3, 0.4) is 0 Å². The molecule has 3 aromatic rings. The number of rotatable bonds is 3. The molecule has 0 spiro atoms. The first kappa shape index (κ1) is 14.9. The number of furan rings is 1. The van der Waals surface area contributed by atoms with Gasteiger partial charge < -0.3 is 9.73 Å². The Morgan fingerprint density at radius 3 is 2.62 bits per heavy atom. The largest absolute Gasteiger partial charge is 0.459 e. The molecule has 0 saturated carbocycles. The van der Waals surface area contributed by atoms with Gasteiger partial charge in [0.05, 0.1) is 11.1 Å². The van der Waals surface area contributed by atoms with E-state index < -0.39 is 0 Å². The summed E-state index contributed by atoms with van der Waals surface area (Å²) in [5.41, 5.74) is 1.89. The van der Waals surface area contributed by atoms with Gasteiger partial charge in [0, 0.05) is 14.9 Å². The van der Waals surface area contributed by atoms with Crippen LogP contribution in [0.25, 0.3) is 11.0 Å². The highest BCUT2D eigenvalue weighted by Gasteiger charge is 2.17. The lowest BCUT2D eigenvalue weighted by Crippen LogP contribution is -2.16. The van der Waals surface area contributed by atoms with E-state index in [1.165, 1.54) is 0 Å². The Labute approximate surface area is 141 Å². The molecule has 2 nitrogen and oxygen atoms in total. The van der Waals surface area contributed by atoms with Crippen LogP contribution in [0, 0.1) is 0 Å². The molecule has 3 rings (SSSR count). The minimum absolute atomic E-state index is 0.0512. The molecule has 0 bridgehead atoms. The van der Waals surface area contributed by atoms with Crippen LogP contribution in [-0.4, -0.2) is 7.05 Å². The van der Waals surface area contributed by atoms with Crippen molar-refractivity contribution in [3.63, 3.8) is 0 Å². The van der Waals surface area contributed by atoms with E-state index in [0.717, 1.165) is 26.8 Å². The Balaban J connectivity index is 2.06. The second-order valence-corrected chi connectivity index (χ2v) is 6.42. The number of benzene rings is 2. The quantitative estimate of drug-likeness (QED) is 0.616. The molecule has 0 aliphatic carbocycles. The second-order valence-electron chi connectivity index (χ2n) is 4.73. The monoisotopic (exact) mass is 383 g/mol. The summed E-state index contributed by atoms with van der Waals surface area (Å²) in [5.74, 6) is 0.837. The highest BCUT2D eigenvalue weighted by molar-refractivity contribution is 9.10. The first-order valence-electron chi connectivity index (χ1n) is 6.39. The van der Waals surface area contributed by atoms with Gasteiger partial charge in [0.25, 0.3) is 0 Å². The van der Waals surface area contributed by atoms with Crippen LogP contribution in [0.15, 0.2) is 51.4 Å². The Hall–Kier alpha value is -1.00. The highest BCUT2D eigenvalue weighted by Crippen LogP contribution is 2.32. The van der Waals surface area contributed by atoms with Gasteiger partial charge in [-0.3, -0.25) is 0 Å². The van der Waals surface area contributed by atoms with E-state index in [9.17, 15) is 0 Å². The molecule has 0 aliphatic rings. The molecule has 108 valence electrons. The van der Waals surface area contributed by atoms with Crippen molar-refractivity contribution in [1.29, 1.82) is 0 Å². The predicted octanol–water partition coefficient (Wildman–Crippen LogP) is 5.81. The van der Waals surface area contributed by atoms with Crippen molar-refractivity contribution in [3.8, 4) is 0 Å². The third-order valence-electron chi connectivity index (χ3n) is 3.35. The zero-order valence-electron chi connectivity index (χ0n) is 11.2. The fraction of sp³-hybridized carbons (Fsp3) is 0.125. The molecule has 0 radical (unpaired) electrons. The second kappa shape index (κ2) is 6.01. The van der Waals surface area contributed by atoms with Crippen LogP contribution >= 0.6 is 39.1 Å². The Morgan fingerprint density at radius 2 is 1.90 bits per heavy atom. The van der Waals surface area contributed by atoms with Crippen LogP contribution in [0.4, 0.5) is 0 Å². The van der Waals surface area contributed by atoms with Gasteiger partial charge >= 0.3 is 0 Å². The average molecular weight is 385 g/mol. The summed E-state index contributed by atoms with van der Waals surface area (Å²) in [5, 5.41) is 5.64. The normalized spacial score (nSPS) is 12.8. The fourth-order valence-electron chi connectivity index (χ4n) is 2.34. The molecule has 5 heteroatoms. The smallest absolute Gasteiger partial charge is 0.134 e. The highest BCUT2D eigenvalue weighted by atomic mass is 79.9. The molecule has 1 aromatic heterocycles. The average Bonchev–Trinajstić information content (AvgIpc) is 2.86. The van der Waals surface area contributed by atoms with E-state index in [0.29, 0.717) is 10.0 Å². The maximum Gasteiger partial charge on any atom is 0.134 e. The van der Waals surface area contributed by atoms with Gasteiger partial charge in [-0.1, -0.05) is 29.3 Å². The van der Waals surface area contributed by atoms with E-state index >= 15 is 0 Å². The lowest BCUT2D eigenvalue weighted by molar-refractivity contribution is 0.491. The molecule has 1 heterocycles. The van der Waals surface area contributed by atoms with Crippen molar-refractivity contribution in [2.45, 2.75) is 6.04 Å². The zero-order chi connectivity index (χ0) is 15.0. The van der Waals surface area contributed by atoms with Gasteiger partial charge in [0.15, 0.2) is 0 Å². The first-order valence-corrected chi connectivity index (χ1v) is 7.94. The summed E-state index contributed by atoms with van der Waals surface area (Å²) in [4.78, 5) is 0. The van der Waals surface area contributed by atoms with Crippen molar-refractivity contribution in [2.75, 3.05) is 7.05 Å². The van der Waals surface area contributed by atoms with Crippen LogP contribution in [-0.2, 0) is 0 Å². The van der Waals surface area contributed by atoms with E-state index in [1.807, 2.05) is 49.5 Å². The van der Waals surface area contributed by atoms with Gasteiger partial charge in [-0.15, -0.1) is 0 Å². The van der Waals surface area contributed by atoms with Gasteiger partial charge in [-0.05, 0) is 64.9 Å². The van der Waals surface area contributed by atoms with E-state index in [2.05, 4.69) is 21.2 Å². The lowest BCUT2D eigenvalue weighted by Gasteiger charge is -2.14. The summed E-state index contributed by atoms with van der Waals surface area (Å²) >= 11 is 15.5. The predicted molar refractivity (Wildman–Crippen MR) is 91.3 cm³/mol. The van der Waals surface area contributed by atoms with Gasteiger partial charge in [0.2, 0.25) is 0 Å². The molecule has 1 atom stereocenters. The summed E-state index contributed by atoms with van der Waals surface area (Å²) in [7, 11) is 1.90. The zero-order valence-corrected chi connectivity index (χ0v) is 14.3. The molecule has 1 N–H and O–H groups in total. The number of halogens is 3. The van der Waals surface area contributed by atoms with Crippen LogP contribution < -0.4 is 5.32 Å². The molecule has 2 aromatic carbocycles. The van der Waals surface area contributed by atoms with E-state index in [1.54, 1.807) is 0 Å². The van der Waals surface area contributed by atoms with Crippen LogP contribution in [0.2, 0.25) is 10.0 Å². The molecular weight excluding hydrogens is 373 g/mol. The minimum Gasteiger partial charge on any atom is -0.459 e. The third kappa shape index (κ3) is 2.97. The molecule has 21 heavy (non-hydrogen) atoms. The first-order chi connectivity index (χ1) is 10.1.